The van der Waals surface area contributed by atoms with Gasteiger partial charge in [0, 0.05) is 22.5 Å². The first-order chi connectivity index (χ1) is 6.24. The molecule has 0 aliphatic carbocycles. The largest absolute Gasteiger partial charge is 0.396 e. The molecule has 1 heterocycles. The van der Waals surface area contributed by atoms with Crippen LogP contribution in [0.15, 0.2) is 10.5 Å². The highest BCUT2D eigenvalue weighted by Gasteiger charge is 2.03. The van der Waals surface area contributed by atoms with Crippen LogP contribution in [0.5, 0.6) is 0 Å². The predicted octanol–water partition coefficient (Wildman–Crippen LogP) is 2.64. The van der Waals surface area contributed by atoms with Gasteiger partial charge in [-0.15, -0.1) is 11.3 Å². The van der Waals surface area contributed by atoms with Crippen LogP contribution in [0, 0.1) is 0 Å². The molecule has 0 fully saturated rings. The monoisotopic (exact) mass is 283 g/mol. The van der Waals surface area contributed by atoms with Crippen molar-refractivity contribution in [2.75, 3.05) is 13.2 Å². The van der Waals surface area contributed by atoms with Gasteiger partial charge < -0.3 is 10.4 Å². The highest BCUT2D eigenvalue weighted by Crippen LogP contribution is 2.31. The van der Waals surface area contributed by atoms with E-state index in [1.54, 1.807) is 11.3 Å². The smallest absolute Gasteiger partial charge is 0.107 e. The van der Waals surface area contributed by atoms with Crippen LogP contribution >= 0.6 is 38.9 Å². The highest BCUT2D eigenvalue weighted by atomic mass is 79.9. The van der Waals surface area contributed by atoms with Crippen molar-refractivity contribution in [3.63, 3.8) is 0 Å². The third kappa shape index (κ3) is 3.95. The number of thiophene rings is 1. The molecule has 1 rings (SSSR count). The van der Waals surface area contributed by atoms with E-state index in [1.807, 2.05) is 6.07 Å². The van der Waals surface area contributed by atoms with Gasteiger partial charge >= 0.3 is 0 Å². The summed E-state index contributed by atoms with van der Waals surface area (Å²) in [7, 11) is 0. The van der Waals surface area contributed by atoms with Gasteiger partial charge in [-0.3, -0.25) is 0 Å². The number of hydrogen-bond donors (Lipinski definition) is 2. The molecule has 0 radical (unpaired) electrons. The van der Waals surface area contributed by atoms with E-state index in [-0.39, 0.29) is 6.61 Å². The Labute approximate surface area is 95.0 Å². The first kappa shape index (κ1) is 11.5. The Kier molecular flexibility index (Phi) is 5.28. The van der Waals surface area contributed by atoms with Crippen LogP contribution in [-0.4, -0.2) is 18.3 Å². The van der Waals surface area contributed by atoms with Crippen molar-refractivity contribution in [1.82, 2.24) is 5.32 Å². The van der Waals surface area contributed by atoms with E-state index in [4.69, 9.17) is 16.7 Å². The molecule has 2 N–H and O–H groups in total. The zero-order valence-corrected chi connectivity index (χ0v) is 10.2. The summed E-state index contributed by atoms with van der Waals surface area (Å²) < 4.78 is 1.75. The fourth-order valence-electron chi connectivity index (χ4n) is 0.894. The van der Waals surface area contributed by atoms with Crippen LogP contribution in [0.25, 0.3) is 0 Å². The quantitative estimate of drug-likeness (QED) is 0.815. The van der Waals surface area contributed by atoms with Gasteiger partial charge in [0.05, 0.1) is 0 Å². The molecule has 0 aliphatic heterocycles. The Balaban J connectivity index is 2.29. The van der Waals surface area contributed by atoms with Gasteiger partial charge in [0.25, 0.3) is 0 Å². The molecule has 5 heteroatoms. The van der Waals surface area contributed by atoms with E-state index in [0.29, 0.717) is 0 Å². The summed E-state index contributed by atoms with van der Waals surface area (Å²) in [4.78, 5) is 1.20. The lowest BCUT2D eigenvalue weighted by Gasteiger charge is -1.99. The second-order valence-electron chi connectivity index (χ2n) is 2.59. The Hall–Kier alpha value is 0.390. The molecule has 0 amide bonds. The van der Waals surface area contributed by atoms with E-state index in [0.717, 1.165) is 28.3 Å². The van der Waals surface area contributed by atoms with Gasteiger partial charge in [-0.05, 0) is 35.0 Å². The number of hydrogen-bond acceptors (Lipinski definition) is 3. The van der Waals surface area contributed by atoms with Crippen molar-refractivity contribution >= 4 is 38.9 Å². The SMILES string of the molecule is OCCCNCc1cc(Br)c(Cl)s1. The molecular weight excluding hydrogens is 274 g/mol. The minimum absolute atomic E-state index is 0.238. The molecule has 0 unspecified atom stereocenters. The molecule has 0 bridgehead atoms. The van der Waals surface area contributed by atoms with Crippen molar-refractivity contribution in [3.8, 4) is 0 Å². The number of aliphatic hydroxyl groups is 1. The van der Waals surface area contributed by atoms with E-state index in [9.17, 15) is 0 Å². The Morgan fingerprint density at radius 2 is 2.38 bits per heavy atom. The van der Waals surface area contributed by atoms with Crippen LogP contribution in [-0.2, 0) is 6.54 Å². The summed E-state index contributed by atoms with van der Waals surface area (Å²) in [5.74, 6) is 0. The van der Waals surface area contributed by atoms with Crippen molar-refractivity contribution < 1.29 is 5.11 Å². The Morgan fingerprint density at radius 3 is 2.92 bits per heavy atom. The fraction of sp³-hybridized carbons (Fsp3) is 0.500. The number of nitrogens with one attached hydrogen (secondary N) is 1. The van der Waals surface area contributed by atoms with Crippen LogP contribution in [0.1, 0.15) is 11.3 Å². The van der Waals surface area contributed by atoms with Gasteiger partial charge in [0.1, 0.15) is 4.34 Å². The van der Waals surface area contributed by atoms with Crippen LogP contribution in [0.4, 0.5) is 0 Å². The fourth-order valence-corrected chi connectivity index (χ4v) is 2.65. The molecule has 13 heavy (non-hydrogen) atoms. The maximum absolute atomic E-state index is 8.55. The molecule has 0 atom stereocenters. The van der Waals surface area contributed by atoms with Crippen molar-refractivity contribution in [1.29, 1.82) is 0 Å². The third-order valence-corrected chi connectivity index (χ3v) is 3.98. The topological polar surface area (TPSA) is 32.3 Å². The van der Waals surface area contributed by atoms with Crippen molar-refractivity contribution in [3.05, 3.63) is 19.8 Å². The maximum atomic E-state index is 8.55. The molecule has 1 aromatic rings. The normalized spacial score (nSPS) is 10.7. The van der Waals surface area contributed by atoms with Crippen LogP contribution in [0.3, 0.4) is 0 Å². The molecular formula is C8H11BrClNOS. The number of halogens is 2. The molecule has 0 aromatic carbocycles. The molecule has 1 aromatic heterocycles. The minimum Gasteiger partial charge on any atom is -0.396 e. The predicted molar refractivity (Wildman–Crippen MR) is 60.4 cm³/mol. The first-order valence-corrected chi connectivity index (χ1v) is 5.98. The standard InChI is InChI=1S/C8H11BrClNOS/c9-7-4-6(13-8(7)10)5-11-2-1-3-12/h4,11-12H,1-3,5H2. The van der Waals surface area contributed by atoms with Gasteiger partial charge in [-0.2, -0.15) is 0 Å². The molecule has 0 spiro atoms. The van der Waals surface area contributed by atoms with Crippen LogP contribution < -0.4 is 5.32 Å². The zero-order chi connectivity index (χ0) is 9.68. The molecule has 0 aliphatic rings. The lowest BCUT2D eigenvalue weighted by molar-refractivity contribution is 0.286. The van der Waals surface area contributed by atoms with E-state index >= 15 is 0 Å². The average Bonchev–Trinajstić information content (AvgIpc) is 2.41. The second-order valence-corrected chi connectivity index (χ2v) is 5.18. The van der Waals surface area contributed by atoms with Gasteiger partial charge in [0.15, 0.2) is 0 Å². The van der Waals surface area contributed by atoms with Gasteiger partial charge in [0.2, 0.25) is 0 Å². The number of aliphatic hydroxyl groups excluding tert-OH is 1. The second kappa shape index (κ2) is 5.98. The molecule has 2 nitrogen and oxygen atoms in total. The third-order valence-electron chi connectivity index (χ3n) is 1.51. The molecule has 0 saturated carbocycles. The molecule has 0 saturated heterocycles. The number of rotatable bonds is 5. The van der Waals surface area contributed by atoms with Gasteiger partial charge in [-0.25, -0.2) is 0 Å². The van der Waals surface area contributed by atoms with E-state index < -0.39 is 0 Å². The summed E-state index contributed by atoms with van der Waals surface area (Å²) in [5, 5.41) is 11.8. The lowest BCUT2D eigenvalue weighted by atomic mass is 10.4. The van der Waals surface area contributed by atoms with E-state index in [2.05, 4.69) is 21.2 Å². The zero-order valence-electron chi connectivity index (χ0n) is 7.02. The van der Waals surface area contributed by atoms with Crippen LogP contribution in [0.2, 0.25) is 4.34 Å². The summed E-state index contributed by atoms with van der Waals surface area (Å²) in [6.45, 7) is 1.89. The van der Waals surface area contributed by atoms with Crippen molar-refractivity contribution in [2.24, 2.45) is 0 Å². The lowest BCUT2D eigenvalue weighted by Crippen LogP contribution is -2.14. The average molecular weight is 285 g/mol. The Morgan fingerprint density at radius 1 is 1.62 bits per heavy atom. The summed E-state index contributed by atoms with van der Waals surface area (Å²) in [6, 6.07) is 2.01. The minimum atomic E-state index is 0.238. The van der Waals surface area contributed by atoms with Crippen molar-refractivity contribution in [2.45, 2.75) is 13.0 Å². The summed E-state index contributed by atoms with van der Waals surface area (Å²) in [5.41, 5.74) is 0. The Bertz CT molecular complexity index is 247. The molecule has 74 valence electrons. The maximum Gasteiger partial charge on any atom is 0.107 e. The van der Waals surface area contributed by atoms with Gasteiger partial charge in [-0.1, -0.05) is 11.6 Å². The highest BCUT2D eigenvalue weighted by molar-refractivity contribution is 9.10. The summed E-state index contributed by atoms with van der Waals surface area (Å²) in [6.07, 6.45) is 0.792. The summed E-state index contributed by atoms with van der Waals surface area (Å²) >= 11 is 10.8. The van der Waals surface area contributed by atoms with E-state index in [1.165, 1.54) is 4.88 Å². The first-order valence-electron chi connectivity index (χ1n) is 3.99.